The number of nitrogens with zero attached hydrogens (tertiary/aromatic N) is 2. The Kier molecular flexibility index (Phi) is 12.9. The Morgan fingerprint density at radius 3 is 2.08 bits per heavy atom. The normalized spacial score (nSPS) is 12.5. The first-order valence-electron chi connectivity index (χ1n) is 18.3. The molecule has 0 fully saturated rings. The molecule has 1 N–H and O–H groups in total. The number of furan rings is 1. The number of benzene rings is 3. The fraction of sp³-hybridized carbons (Fsp3) is 0.356. The molecule has 1 radical (unpaired) electrons. The van der Waals surface area contributed by atoms with E-state index in [2.05, 4.69) is 97.4 Å². The van der Waals surface area contributed by atoms with Gasteiger partial charge in [-0.1, -0.05) is 114 Å². The predicted octanol–water partition coefficient (Wildman–Crippen LogP) is 12.2. The molecule has 6 rings (SSSR count). The number of ketones is 1. The Balaban J connectivity index is 0.000000289. The van der Waals surface area contributed by atoms with E-state index < -0.39 is 8.07 Å². The minimum Gasteiger partial charge on any atom is -0.512 e. The standard InChI is InChI=1S/C30H25N2OSi.C15H28O2.Ir/c1-19-10-13-23-24-17-22(12-15-28(24)33-30(23)31-19)27-18-29(34(2,3)4)25-16-21(11-14-26(25)32-27)20-8-6-5-7-9-20;1-7-14(5,8-2)12(16)11-13(17)15(6,9-3)10-4;/h5-11,13-18H,1-4H3;11,16H,7-10H2,1-6H3;/q-1;;/b;12-11-;. The van der Waals surface area contributed by atoms with E-state index in [9.17, 15) is 9.90 Å². The molecule has 0 aliphatic heterocycles. The Labute approximate surface area is 324 Å². The Morgan fingerprint density at radius 1 is 0.808 bits per heavy atom. The van der Waals surface area contributed by atoms with Crippen LogP contribution < -0.4 is 5.19 Å². The van der Waals surface area contributed by atoms with Gasteiger partial charge in [0.1, 0.15) is 5.76 Å². The summed E-state index contributed by atoms with van der Waals surface area (Å²) in [6.45, 7) is 21.2. The van der Waals surface area contributed by atoms with Crippen LogP contribution in [-0.4, -0.2) is 28.9 Å². The van der Waals surface area contributed by atoms with Gasteiger partial charge in [0, 0.05) is 48.1 Å². The number of aliphatic hydroxyl groups excluding tert-OH is 1. The number of aromatic nitrogens is 2. The summed E-state index contributed by atoms with van der Waals surface area (Å²) in [6, 6.07) is 31.0. The van der Waals surface area contributed by atoms with E-state index in [1.807, 2.05) is 60.6 Å². The van der Waals surface area contributed by atoms with Crippen molar-refractivity contribution in [3.63, 3.8) is 0 Å². The van der Waals surface area contributed by atoms with Gasteiger partial charge in [-0.3, -0.25) is 9.78 Å². The Morgan fingerprint density at radius 2 is 1.46 bits per heavy atom. The van der Waals surface area contributed by atoms with Crippen molar-refractivity contribution in [3.05, 3.63) is 102 Å². The third-order valence-corrected chi connectivity index (χ3v) is 13.0. The summed E-state index contributed by atoms with van der Waals surface area (Å²) in [6.07, 6.45) is 4.75. The monoisotopic (exact) mass is 890 g/mol. The van der Waals surface area contributed by atoms with Crippen molar-refractivity contribution in [2.75, 3.05) is 0 Å². The van der Waals surface area contributed by atoms with Crippen molar-refractivity contribution >= 4 is 52.0 Å². The number of pyridine rings is 2. The molecule has 0 amide bonds. The maximum Gasteiger partial charge on any atom is 0.216 e. The summed E-state index contributed by atoms with van der Waals surface area (Å²) in [7, 11) is -1.66. The zero-order valence-electron chi connectivity index (χ0n) is 32.4. The molecule has 0 saturated heterocycles. The smallest absolute Gasteiger partial charge is 0.216 e. The van der Waals surface area contributed by atoms with Crippen molar-refractivity contribution in [2.45, 2.75) is 93.8 Å². The molecule has 0 aliphatic carbocycles. The number of allylic oxidation sites excluding steroid dienone is 2. The van der Waals surface area contributed by atoms with Crippen molar-refractivity contribution in [1.82, 2.24) is 9.97 Å². The van der Waals surface area contributed by atoms with Gasteiger partial charge in [-0.2, -0.15) is 0 Å². The van der Waals surface area contributed by atoms with Crippen LogP contribution in [0.5, 0.6) is 0 Å². The molecule has 275 valence electrons. The zero-order chi connectivity index (χ0) is 37.1. The van der Waals surface area contributed by atoms with E-state index >= 15 is 0 Å². The quantitative estimate of drug-likeness (QED) is 0.0642. The summed E-state index contributed by atoms with van der Waals surface area (Å²) in [5, 5.41) is 14.9. The van der Waals surface area contributed by atoms with Crippen LogP contribution >= 0.6 is 0 Å². The van der Waals surface area contributed by atoms with Crippen LogP contribution in [0.3, 0.4) is 0 Å². The number of hydrogen-bond acceptors (Lipinski definition) is 5. The summed E-state index contributed by atoms with van der Waals surface area (Å²) < 4.78 is 5.97. The molecule has 3 aromatic carbocycles. The molecule has 0 atom stereocenters. The SMILES string of the molecule is CCC(C)(CC)C(=O)/C=C(\O)C(C)(CC)CC.Cc1ccc2c(n1)oc1c[c-]c(-c3cc([Si](C)(C)C)c4cc(-c5ccccc5)ccc4n3)cc12.[Ir]. The van der Waals surface area contributed by atoms with Gasteiger partial charge >= 0.3 is 0 Å². The van der Waals surface area contributed by atoms with Crippen LogP contribution in [0.15, 0.2) is 95.1 Å². The number of aliphatic hydroxyl groups is 1. The molecule has 52 heavy (non-hydrogen) atoms. The molecule has 6 aromatic rings. The minimum atomic E-state index is -1.66. The van der Waals surface area contributed by atoms with Crippen LogP contribution in [0, 0.1) is 23.8 Å². The van der Waals surface area contributed by atoms with Gasteiger partial charge in [0.15, 0.2) is 5.78 Å². The average molecular weight is 890 g/mol. The minimum absolute atomic E-state index is 0. The van der Waals surface area contributed by atoms with E-state index in [-0.39, 0.29) is 42.5 Å². The fourth-order valence-corrected chi connectivity index (χ4v) is 7.90. The molecule has 3 aromatic heterocycles. The third-order valence-electron chi connectivity index (χ3n) is 11.0. The molecule has 0 spiro atoms. The first kappa shape index (κ1) is 40.9. The van der Waals surface area contributed by atoms with Crippen LogP contribution in [-0.2, 0) is 24.9 Å². The molecular formula is C45H53IrN2O3Si-. The molecule has 0 saturated carbocycles. The predicted molar refractivity (Wildman–Crippen MR) is 217 cm³/mol. The summed E-state index contributed by atoms with van der Waals surface area (Å²) in [4.78, 5) is 21.8. The number of carbonyl (C=O) groups is 1. The molecule has 3 heterocycles. The van der Waals surface area contributed by atoms with E-state index in [1.165, 1.54) is 27.8 Å². The van der Waals surface area contributed by atoms with Gasteiger partial charge in [0.25, 0.3) is 0 Å². The van der Waals surface area contributed by atoms with Crippen molar-refractivity contribution in [3.8, 4) is 22.4 Å². The largest absolute Gasteiger partial charge is 0.512 e. The molecule has 7 heteroatoms. The third kappa shape index (κ3) is 8.49. The summed E-state index contributed by atoms with van der Waals surface area (Å²) >= 11 is 0. The average Bonchev–Trinajstić information content (AvgIpc) is 3.50. The van der Waals surface area contributed by atoms with Crippen LogP contribution in [0.4, 0.5) is 0 Å². The van der Waals surface area contributed by atoms with Crippen LogP contribution in [0.2, 0.25) is 19.6 Å². The number of aryl methyl sites for hydroxylation is 1. The molecule has 0 bridgehead atoms. The van der Waals surface area contributed by atoms with E-state index in [0.717, 1.165) is 64.5 Å². The second kappa shape index (κ2) is 16.4. The molecule has 0 unspecified atom stereocenters. The molecular weight excluding hydrogens is 837 g/mol. The van der Waals surface area contributed by atoms with Crippen molar-refractivity contribution in [2.24, 2.45) is 10.8 Å². The van der Waals surface area contributed by atoms with Gasteiger partial charge in [-0.25, -0.2) is 4.98 Å². The Hall–Kier alpha value is -3.90. The van der Waals surface area contributed by atoms with Crippen LogP contribution in [0.1, 0.15) is 72.9 Å². The van der Waals surface area contributed by atoms with Gasteiger partial charge in [0.05, 0.1) is 19.2 Å². The van der Waals surface area contributed by atoms with Gasteiger partial charge < -0.3 is 9.52 Å². The second-order valence-electron chi connectivity index (χ2n) is 15.4. The second-order valence-corrected chi connectivity index (χ2v) is 20.4. The zero-order valence-corrected chi connectivity index (χ0v) is 35.8. The maximum atomic E-state index is 12.2. The van der Waals surface area contributed by atoms with Gasteiger partial charge in [0.2, 0.25) is 5.71 Å². The fourth-order valence-electron chi connectivity index (χ4n) is 6.32. The number of carbonyl (C=O) groups excluding carboxylic acids is 1. The van der Waals surface area contributed by atoms with E-state index in [1.54, 1.807) is 0 Å². The summed E-state index contributed by atoms with van der Waals surface area (Å²) in [5.74, 6) is 0.286. The Bertz CT molecular complexity index is 2210. The molecule has 0 aliphatic rings. The maximum absolute atomic E-state index is 12.2. The van der Waals surface area contributed by atoms with Crippen LogP contribution in [0.25, 0.3) is 55.4 Å². The first-order chi connectivity index (χ1) is 24.2. The van der Waals surface area contributed by atoms with Gasteiger partial charge in [-0.15, -0.1) is 23.8 Å². The summed E-state index contributed by atoms with van der Waals surface area (Å²) in [5.41, 5.74) is 7.22. The topological polar surface area (TPSA) is 76.2 Å². The number of hydrogen-bond donors (Lipinski definition) is 1. The van der Waals surface area contributed by atoms with Crippen molar-refractivity contribution in [1.29, 1.82) is 0 Å². The first-order valence-corrected chi connectivity index (χ1v) is 21.8. The van der Waals surface area contributed by atoms with Crippen molar-refractivity contribution < 1.29 is 34.4 Å². The van der Waals surface area contributed by atoms with E-state index in [4.69, 9.17) is 9.40 Å². The number of rotatable bonds is 10. The molecule has 5 nitrogen and oxygen atoms in total. The number of fused-ring (bicyclic) bond motifs is 4. The van der Waals surface area contributed by atoms with Gasteiger partial charge in [-0.05, 0) is 79.1 Å². The van der Waals surface area contributed by atoms with E-state index in [0.29, 0.717) is 5.71 Å².